The molecule has 23 heavy (non-hydrogen) atoms. The van der Waals surface area contributed by atoms with E-state index in [9.17, 15) is 13.2 Å². The molecule has 4 atom stereocenters. The van der Waals surface area contributed by atoms with Crippen LogP contribution in [0.5, 0.6) is 11.5 Å². The zero-order valence-electron chi connectivity index (χ0n) is 12.9. The standard InChI is InChI=1S/C17H18O5S/c1-21-12-5-2-9-8-13-10-3-4-11(18)16-17(10,6-7-23(13,19)20)14(9)15(12)22-16/h2,5,10,13,16H,3-4,6-8H2,1H3/t10-,13+,16-,17-/m0/s1. The minimum Gasteiger partial charge on any atom is -0.493 e. The van der Waals surface area contributed by atoms with Crippen LogP contribution in [0.1, 0.15) is 30.4 Å². The molecule has 0 radical (unpaired) electrons. The van der Waals surface area contributed by atoms with Gasteiger partial charge in [-0.15, -0.1) is 0 Å². The number of ketones is 1. The number of carbonyl (C=O) groups excluding carboxylic acids is 1. The summed E-state index contributed by atoms with van der Waals surface area (Å²) in [7, 11) is -1.51. The average molecular weight is 334 g/mol. The molecule has 4 aliphatic rings. The number of ether oxygens (including phenoxy) is 2. The fourth-order valence-electron chi connectivity index (χ4n) is 5.49. The van der Waals surface area contributed by atoms with Gasteiger partial charge in [0.25, 0.3) is 0 Å². The summed E-state index contributed by atoms with van der Waals surface area (Å²) < 4.78 is 36.8. The summed E-state index contributed by atoms with van der Waals surface area (Å²) in [6, 6.07) is 3.78. The Morgan fingerprint density at radius 2 is 2.17 bits per heavy atom. The maximum absolute atomic E-state index is 12.6. The predicted octanol–water partition coefficient (Wildman–Crippen LogP) is 1.42. The first kappa shape index (κ1) is 13.8. The number of Topliss-reactive ketones (excluding diaryl/α,β-unsaturated/α-hetero) is 1. The molecule has 2 heterocycles. The van der Waals surface area contributed by atoms with E-state index in [2.05, 4.69) is 0 Å². The molecule has 1 aromatic carbocycles. The quantitative estimate of drug-likeness (QED) is 0.777. The van der Waals surface area contributed by atoms with E-state index < -0.39 is 21.4 Å². The number of hydrogen-bond acceptors (Lipinski definition) is 5. The van der Waals surface area contributed by atoms with Gasteiger partial charge in [0.2, 0.25) is 0 Å². The van der Waals surface area contributed by atoms with Gasteiger partial charge in [-0.2, -0.15) is 0 Å². The molecule has 2 aliphatic carbocycles. The molecule has 6 heteroatoms. The van der Waals surface area contributed by atoms with Gasteiger partial charge in [0.05, 0.1) is 18.1 Å². The molecule has 2 fully saturated rings. The molecule has 0 aromatic heterocycles. The van der Waals surface area contributed by atoms with E-state index in [4.69, 9.17) is 9.47 Å². The number of rotatable bonds is 1. The first-order valence-corrected chi connectivity index (χ1v) is 9.82. The molecule has 0 amide bonds. The maximum atomic E-state index is 12.6. The van der Waals surface area contributed by atoms with Gasteiger partial charge in [-0.1, -0.05) is 6.07 Å². The van der Waals surface area contributed by atoms with Crippen molar-refractivity contribution in [1.82, 2.24) is 0 Å². The topological polar surface area (TPSA) is 69.7 Å². The fraction of sp³-hybridized carbons (Fsp3) is 0.588. The lowest BCUT2D eigenvalue weighted by Gasteiger charge is -2.53. The van der Waals surface area contributed by atoms with E-state index in [1.54, 1.807) is 7.11 Å². The van der Waals surface area contributed by atoms with E-state index in [1.807, 2.05) is 12.1 Å². The predicted molar refractivity (Wildman–Crippen MR) is 82.7 cm³/mol. The SMILES string of the molecule is COc1ccc2c3c1O[C@H]1C(=O)CC[C@H]4[C@@H](C2)S(=O)(=O)CC[C@]314. The van der Waals surface area contributed by atoms with Crippen LogP contribution in [0, 0.1) is 5.92 Å². The molecule has 2 aliphatic heterocycles. The third-order valence-electron chi connectivity index (χ3n) is 6.38. The van der Waals surface area contributed by atoms with E-state index in [0.717, 1.165) is 11.1 Å². The van der Waals surface area contributed by atoms with Gasteiger partial charge >= 0.3 is 0 Å². The molecule has 122 valence electrons. The maximum Gasteiger partial charge on any atom is 0.174 e. The second-order valence-electron chi connectivity index (χ2n) is 7.14. The van der Waals surface area contributed by atoms with Gasteiger partial charge in [-0.25, -0.2) is 8.42 Å². The summed E-state index contributed by atoms with van der Waals surface area (Å²) in [5.74, 6) is 1.56. The molecular weight excluding hydrogens is 316 g/mol. The van der Waals surface area contributed by atoms with Crippen LogP contribution in [-0.2, 0) is 26.5 Å². The summed E-state index contributed by atoms with van der Waals surface area (Å²) in [5, 5.41) is -0.373. The number of hydrogen-bond donors (Lipinski definition) is 0. The van der Waals surface area contributed by atoms with Crippen molar-refractivity contribution in [3.05, 3.63) is 23.3 Å². The van der Waals surface area contributed by atoms with Gasteiger partial charge < -0.3 is 9.47 Å². The number of benzene rings is 1. The van der Waals surface area contributed by atoms with Crippen LogP contribution in [0.3, 0.4) is 0 Å². The minimum absolute atomic E-state index is 0.00944. The second-order valence-corrected chi connectivity index (χ2v) is 9.48. The summed E-state index contributed by atoms with van der Waals surface area (Å²) in [5.41, 5.74) is 1.62. The van der Waals surface area contributed by atoms with Crippen molar-refractivity contribution in [3.63, 3.8) is 0 Å². The van der Waals surface area contributed by atoms with Crippen molar-refractivity contribution < 1.29 is 22.7 Å². The van der Waals surface area contributed by atoms with Gasteiger partial charge in [0.15, 0.2) is 33.2 Å². The Bertz CT molecular complexity index is 843. The molecule has 5 nitrogen and oxygen atoms in total. The summed E-state index contributed by atoms with van der Waals surface area (Å²) in [6.45, 7) is 0. The van der Waals surface area contributed by atoms with E-state index in [0.29, 0.717) is 37.2 Å². The van der Waals surface area contributed by atoms with Crippen LogP contribution in [-0.4, -0.2) is 38.4 Å². The molecule has 1 aromatic rings. The highest BCUT2D eigenvalue weighted by molar-refractivity contribution is 7.92. The van der Waals surface area contributed by atoms with Gasteiger partial charge in [0.1, 0.15) is 0 Å². The van der Waals surface area contributed by atoms with E-state index in [-0.39, 0.29) is 22.7 Å². The van der Waals surface area contributed by atoms with Crippen LogP contribution in [0.4, 0.5) is 0 Å². The van der Waals surface area contributed by atoms with E-state index in [1.165, 1.54) is 0 Å². The summed E-state index contributed by atoms with van der Waals surface area (Å²) in [4.78, 5) is 12.6. The van der Waals surface area contributed by atoms with E-state index >= 15 is 0 Å². The molecule has 5 rings (SSSR count). The molecule has 1 saturated heterocycles. The highest BCUT2D eigenvalue weighted by Gasteiger charge is 2.67. The molecule has 1 spiro atoms. The zero-order valence-corrected chi connectivity index (χ0v) is 13.7. The van der Waals surface area contributed by atoms with Crippen molar-refractivity contribution in [2.75, 3.05) is 12.9 Å². The Morgan fingerprint density at radius 1 is 1.35 bits per heavy atom. The number of methoxy groups -OCH3 is 1. The number of carbonyl (C=O) groups is 1. The largest absolute Gasteiger partial charge is 0.493 e. The van der Waals surface area contributed by atoms with Gasteiger partial charge in [-0.3, -0.25) is 4.79 Å². The highest BCUT2D eigenvalue weighted by Crippen LogP contribution is 2.63. The minimum atomic E-state index is -3.11. The van der Waals surface area contributed by atoms with Gasteiger partial charge in [-0.05, 0) is 36.8 Å². The monoisotopic (exact) mass is 334 g/mol. The highest BCUT2D eigenvalue weighted by atomic mass is 32.2. The molecule has 0 unspecified atom stereocenters. The number of sulfone groups is 1. The Labute approximate surface area is 134 Å². The first-order chi connectivity index (χ1) is 11.0. The van der Waals surface area contributed by atoms with Crippen LogP contribution in [0.2, 0.25) is 0 Å². The zero-order chi connectivity index (χ0) is 16.0. The second kappa shape index (κ2) is 4.09. The smallest absolute Gasteiger partial charge is 0.174 e. The van der Waals surface area contributed by atoms with Crippen LogP contribution in [0.15, 0.2) is 12.1 Å². The van der Waals surface area contributed by atoms with Crippen molar-refractivity contribution in [3.8, 4) is 11.5 Å². The third kappa shape index (κ3) is 1.44. The Morgan fingerprint density at radius 3 is 2.96 bits per heavy atom. The average Bonchev–Trinajstić information content (AvgIpc) is 2.88. The van der Waals surface area contributed by atoms with Gasteiger partial charge in [0, 0.05) is 17.4 Å². The summed E-state index contributed by atoms with van der Waals surface area (Å²) >= 11 is 0. The molecule has 2 bridgehead atoms. The van der Waals surface area contributed by atoms with Crippen LogP contribution < -0.4 is 9.47 Å². The van der Waals surface area contributed by atoms with Crippen molar-refractivity contribution in [1.29, 1.82) is 0 Å². The fourth-order valence-corrected chi connectivity index (χ4v) is 7.73. The molecule has 1 saturated carbocycles. The summed E-state index contributed by atoms with van der Waals surface area (Å²) in [6.07, 6.45) is 1.54. The van der Waals surface area contributed by atoms with Crippen molar-refractivity contribution in [2.45, 2.75) is 42.5 Å². The first-order valence-electron chi connectivity index (χ1n) is 8.10. The lowest BCUT2D eigenvalue weighted by molar-refractivity contribution is -0.133. The molecular formula is C17H18O5S. The van der Waals surface area contributed by atoms with Crippen LogP contribution >= 0.6 is 0 Å². The van der Waals surface area contributed by atoms with Crippen molar-refractivity contribution >= 4 is 15.6 Å². The Hall–Kier alpha value is -1.56. The van der Waals surface area contributed by atoms with Crippen molar-refractivity contribution in [2.24, 2.45) is 5.92 Å². The Balaban J connectivity index is 1.85. The Kier molecular flexibility index (Phi) is 2.46. The molecule has 0 N–H and O–H groups in total. The third-order valence-corrected chi connectivity index (χ3v) is 8.57. The normalized spacial score (nSPS) is 38.7. The lowest BCUT2D eigenvalue weighted by Crippen LogP contribution is -2.63. The van der Waals surface area contributed by atoms with Crippen LogP contribution in [0.25, 0.3) is 0 Å². The lowest BCUT2D eigenvalue weighted by atomic mass is 9.55.